The number of hydrogen-bond acceptors (Lipinski definition) is 10. The summed E-state index contributed by atoms with van der Waals surface area (Å²) in [5, 5.41) is 0. The molecule has 0 aromatic carbocycles. The first-order chi connectivity index (χ1) is 23.7. The summed E-state index contributed by atoms with van der Waals surface area (Å²) < 4.78 is 136. The third-order valence-corrected chi connectivity index (χ3v) is 13.6. The fourth-order valence-electron chi connectivity index (χ4n) is 10.6. The molecule has 0 saturated heterocycles. The van der Waals surface area contributed by atoms with Crippen LogP contribution < -0.4 is 0 Å². The van der Waals surface area contributed by atoms with Crippen LogP contribution in [0.1, 0.15) is 99.3 Å². The number of rotatable bonds is 10. The van der Waals surface area contributed by atoms with Crippen molar-refractivity contribution in [3.63, 3.8) is 0 Å². The van der Waals surface area contributed by atoms with Gasteiger partial charge in [0.05, 0.1) is 0 Å². The van der Waals surface area contributed by atoms with E-state index in [1.807, 2.05) is 6.92 Å². The fourth-order valence-corrected chi connectivity index (χ4v) is 11.5. The predicted octanol–water partition coefficient (Wildman–Crippen LogP) is 6.37. The van der Waals surface area contributed by atoms with Crippen molar-refractivity contribution in [2.45, 2.75) is 136 Å². The zero-order valence-corrected chi connectivity index (χ0v) is 30.8. The number of carbonyl (C=O) groups is 4. The predicted molar refractivity (Wildman–Crippen MR) is 168 cm³/mol. The standard InChI is InChI=1S/C34H48F6O11S/c1-17(7-10-28(44)51-32(33(35,36)37,34(38,39)40)16-52(45,46)47)23-8-9-24-29-25(15-27(31(23,24)6)50-20(4)43)30(5)12-11-22(48-18(2)41)13-21(30)14-26(29)49-19(3)42/h17,21-27,29H,7-16H2,1-6H3,(H,45,46,47). The molecule has 4 fully saturated rings. The van der Waals surface area contributed by atoms with Gasteiger partial charge in [0.15, 0.2) is 0 Å². The topological polar surface area (TPSA) is 160 Å². The largest absolute Gasteiger partial charge is 0.463 e. The summed E-state index contributed by atoms with van der Waals surface area (Å²) >= 11 is 0. The zero-order valence-electron chi connectivity index (χ0n) is 30.0. The summed E-state index contributed by atoms with van der Waals surface area (Å²) in [6.45, 7) is 9.71. The van der Waals surface area contributed by atoms with E-state index in [0.29, 0.717) is 44.9 Å². The molecular formula is C34H48F6O11S. The molecule has 0 spiro atoms. The first-order valence-corrected chi connectivity index (χ1v) is 19.1. The van der Waals surface area contributed by atoms with Gasteiger partial charge in [0.2, 0.25) is 0 Å². The Morgan fingerprint density at radius 1 is 0.827 bits per heavy atom. The monoisotopic (exact) mass is 778 g/mol. The molecular weight excluding hydrogens is 730 g/mol. The van der Waals surface area contributed by atoms with Crippen molar-refractivity contribution in [1.82, 2.24) is 0 Å². The highest BCUT2D eigenvalue weighted by Crippen LogP contribution is 2.69. The zero-order chi connectivity index (χ0) is 39.4. The quantitative estimate of drug-likeness (QED) is 0.114. The van der Waals surface area contributed by atoms with Gasteiger partial charge in [-0.25, -0.2) is 0 Å². The molecule has 11 nitrogen and oxygen atoms in total. The van der Waals surface area contributed by atoms with Crippen molar-refractivity contribution in [2.75, 3.05) is 5.75 Å². The summed E-state index contributed by atoms with van der Waals surface area (Å²) in [5.74, 6) is -7.68. The first kappa shape index (κ1) is 42.1. The molecule has 11 unspecified atom stereocenters. The lowest BCUT2D eigenvalue weighted by atomic mass is 9.43. The molecule has 0 radical (unpaired) electrons. The summed E-state index contributed by atoms with van der Waals surface area (Å²) in [5.41, 5.74) is -6.59. The number of alkyl halides is 6. The van der Waals surface area contributed by atoms with Gasteiger partial charge in [0.25, 0.3) is 10.1 Å². The van der Waals surface area contributed by atoms with E-state index in [0.717, 1.165) is 0 Å². The van der Waals surface area contributed by atoms with Crippen molar-refractivity contribution < 1.29 is 77.4 Å². The minimum Gasteiger partial charge on any atom is -0.463 e. The van der Waals surface area contributed by atoms with E-state index in [2.05, 4.69) is 11.7 Å². The van der Waals surface area contributed by atoms with Gasteiger partial charge in [-0.2, -0.15) is 34.8 Å². The number of hydrogen-bond donors (Lipinski definition) is 1. The van der Waals surface area contributed by atoms with Crippen LogP contribution in [0.5, 0.6) is 0 Å². The van der Waals surface area contributed by atoms with Crippen LogP contribution in [0.4, 0.5) is 26.3 Å². The van der Waals surface area contributed by atoms with Crippen LogP contribution in [-0.4, -0.2) is 78.9 Å². The summed E-state index contributed by atoms with van der Waals surface area (Å²) in [6, 6.07) is 0. The summed E-state index contributed by atoms with van der Waals surface area (Å²) in [7, 11) is -5.93. The molecule has 4 aliphatic rings. The minimum atomic E-state index is -6.43. The normalized spacial score (nSPS) is 35.6. The molecule has 0 heterocycles. The van der Waals surface area contributed by atoms with Crippen LogP contribution in [0.2, 0.25) is 0 Å². The molecule has 11 atom stereocenters. The average Bonchev–Trinajstić information content (AvgIpc) is 3.32. The van der Waals surface area contributed by atoms with Crippen LogP contribution in [0.15, 0.2) is 0 Å². The maximum absolute atomic E-state index is 13.8. The Balaban J connectivity index is 1.63. The van der Waals surface area contributed by atoms with Crippen LogP contribution in [0, 0.1) is 46.3 Å². The van der Waals surface area contributed by atoms with E-state index in [9.17, 15) is 53.9 Å². The molecule has 0 aromatic heterocycles. The van der Waals surface area contributed by atoms with Gasteiger partial charge in [-0.1, -0.05) is 20.8 Å². The van der Waals surface area contributed by atoms with Crippen LogP contribution in [0.25, 0.3) is 0 Å². The van der Waals surface area contributed by atoms with E-state index in [-0.39, 0.29) is 53.5 Å². The second-order valence-electron chi connectivity index (χ2n) is 15.8. The van der Waals surface area contributed by atoms with Crippen LogP contribution >= 0.6 is 0 Å². The van der Waals surface area contributed by atoms with E-state index < -0.39 is 81.7 Å². The Kier molecular flexibility index (Phi) is 11.8. The van der Waals surface area contributed by atoms with Crippen LogP contribution in [0.3, 0.4) is 0 Å². The number of halogens is 6. The third-order valence-electron chi connectivity index (χ3n) is 12.8. The number of fused-ring (bicyclic) bond motifs is 5. The number of esters is 4. The number of carbonyl (C=O) groups excluding carboxylic acids is 4. The van der Waals surface area contributed by atoms with Gasteiger partial charge in [-0.05, 0) is 86.4 Å². The molecule has 18 heteroatoms. The molecule has 0 bridgehead atoms. The molecule has 0 amide bonds. The van der Waals surface area contributed by atoms with E-state index in [1.54, 1.807) is 6.92 Å². The van der Waals surface area contributed by atoms with Crippen molar-refractivity contribution in [3.8, 4) is 0 Å². The summed E-state index contributed by atoms with van der Waals surface area (Å²) in [6.07, 6.45) is -11.7. The third kappa shape index (κ3) is 8.07. The molecule has 1 N–H and O–H groups in total. The number of ether oxygens (including phenoxy) is 4. The minimum absolute atomic E-state index is 0.0157. The van der Waals surface area contributed by atoms with Crippen LogP contribution in [-0.2, 0) is 48.2 Å². The molecule has 298 valence electrons. The molecule has 0 aliphatic heterocycles. The fraction of sp³-hybridized carbons (Fsp3) is 0.882. The summed E-state index contributed by atoms with van der Waals surface area (Å²) in [4.78, 5) is 49.4. The van der Waals surface area contributed by atoms with Crippen molar-refractivity contribution in [3.05, 3.63) is 0 Å². The lowest BCUT2D eigenvalue weighted by Gasteiger charge is -2.64. The van der Waals surface area contributed by atoms with E-state index in [1.165, 1.54) is 20.8 Å². The molecule has 4 rings (SSSR count). The second-order valence-corrected chi connectivity index (χ2v) is 17.3. The van der Waals surface area contributed by atoms with E-state index >= 15 is 0 Å². The first-order valence-electron chi connectivity index (χ1n) is 17.5. The van der Waals surface area contributed by atoms with Crippen molar-refractivity contribution >= 4 is 34.0 Å². The highest BCUT2D eigenvalue weighted by Gasteiger charge is 2.76. The Labute approximate surface area is 298 Å². The smallest absolute Gasteiger partial charge is 0.438 e. The Bertz CT molecular complexity index is 1480. The van der Waals surface area contributed by atoms with Gasteiger partial charge in [-0.3, -0.25) is 23.7 Å². The van der Waals surface area contributed by atoms with Gasteiger partial charge in [0.1, 0.15) is 24.1 Å². The molecule has 4 aliphatic carbocycles. The van der Waals surface area contributed by atoms with Gasteiger partial charge >= 0.3 is 41.8 Å². The Morgan fingerprint density at radius 3 is 1.92 bits per heavy atom. The molecule has 52 heavy (non-hydrogen) atoms. The van der Waals surface area contributed by atoms with Gasteiger partial charge in [0, 0.05) is 38.5 Å². The maximum atomic E-state index is 13.8. The molecule has 0 aromatic rings. The molecule has 4 saturated carbocycles. The van der Waals surface area contributed by atoms with Gasteiger partial charge < -0.3 is 18.9 Å². The second kappa shape index (κ2) is 14.5. The maximum Gasteiger partial charge on any atom is 0.438 e. The van der Waals surface area contributed by atoms with Gasteiger partial charge in [-0.15, -0.1) is 0 Å². The van der Waals surface area contributed by atoms with E-state index in [4.69, 9.17) is 18.8 Å². The lowest BCUT2D eigenvalue weighted by Crippen LogP contribution is -2.63. The lowest BCUT2D eigenvalue weighted by molar-refractivity contribution is -0.361. The van der Waals surface area contributed by atoms with Crippen molar-refractivity contribution in [2.24, 2.45) is 46.3 Å². The average molecular weight is 779 g/mol. The highest BCUT2D eigenvalue weighted by atomic mass is 32.2. The Hall–Kier alpha value is -2.63. The van der Waals surface area contributed by atoms with Crippen molar-refractivity contribution in [1.29, 1.82) is 0 Å². The Morgan fingerprint density at radius 2 is 1.40 bits per heavy atom. The SMILES string of the molecule is CC(=O)OC1CCC2(C)C(C1)CC(OC(C)=O)C1C2CC(OC(C)=O)C2(C)C(C(C)CCC(=O)OC(CS(=O)(=O)O)(C(F)(F)F)C(F)(F)F)CCC12. The highest BCUT2D eigenvalue weighted by molar-refractivity contribution is 7.85.